The molecule has 186 valence electrons. The molecule has 36 heavy (non-hydrogen) atoms. The summed E-state index contributed by atoms with van der Waals surface area (Å²) in [7, 11) is 0. The number of amides is 1. The number of nitrogens with zero attached hydrogens (tertiary/aromatic N) is 3. The maximum absolute atomic E-state index is 13.8. The maximum atomic E-state index is 13.8. The third kappa shape index (κ3) is 5.14. The van der Waals surface area contributed by atoms with Gasteiger partial charge in [-0.2, -0.15) is 0 Å². The molecule has 6 nitrogen and oxygen atoms in total. The molecule has 8 heteroatoms. The van der Waals surface area contributed by atoms with Crippen molar-refractivity contribution in [2.75, 3.05) is 25.0 Å². The van der Waals surface area contributed by atoms with Crippen molar-refractivity contribution in [3.63, 3.8) is 0 Å². The summed E-state index contributed by atoms with van der Waals surface area (Å²) in [6, 6.07) is 13.6. The van der Waals surface area contributed by atoms with Gasteiger partial charge in [-0.15, -0.1) is 0 Å². The molecule has 0 saturated carbocycles. The quantitative estimate of drug-likeness (QED) is 0.373. The van der Waals surface area contributed by atoms with E-state index in [9.17, 15) is 13.6 Å². The maximum Gasteiger partial charge on any atom is 0.228 e. The average molecular weight is 491 g/mol. The first-order valence-electron chi connectivity index (χ1n) is 12.3. The zero-order chi connectivity index (χ0) is 25.1. The Morgan fingerprint density at radius 2 is 1.97 bits per heavy atom. The highest BCUT2D eigenvalue weighted by Gasteiger charge is 2.27. The smallest absolute Gasteiger partial charge is 0.228 e. The molecule has 2 aromatic carbocycles. The van der Waals surface area contributed by atoms with Gasteiger partial charge in [0, 0.05) is 24.0 Å². The fourth-order valence-electron chi connectivity index (χ4n) is 4.99. The predicted octanol–water partition coefficient (Wildman–Crippen LogP) is 5.02. The number of carbonyl (C=O) groups excluding carboxylic acids is 1. The lowest BCUT2D eigenvalue weighted by Crippen LogP contribution is -2.32. The topological polar surface area (TPSA) is 66.8 Å². The van der Waals surface area contributed by atoms with Crippen LogP contribution in [0.3, 0.4) is 0 Å². The van der Waals surface area contributed by atoms with Gasteiger partial charge in [0.1, 0.15) is 12.3 Å². The standard InChI is InChI=1S/C28H28F2N4O2/c1-2-36-33-28(20-7-8-23(29)24(30)14-20)26-9-6-18(16-31-26)17-34-12-10-19(11-13-34)21-4-3-5-25-22(21)15-27(35)32-25/h3-9,14,16,19H,2,10-13,15,17H2,1H3,(H,32,35)/b33-28+. The summed E-state index contributed by atoms with van der Waals surface area (Å²) < 4.78 is 27.2. The summed E-state index contributed by atoms with van der Waals surface area (Å²) in [6.07, 6.45) is 4.35. The summed E-state index contributed by atoms with van der Waals surface area (Å²) in [5.41, 5.74) is 5.76. The zero-order valence-corrected chi connectivity index (χ0v) is 20.1. The van der Waals surface area contributed by atoms with Crippen molar-refractivity contribution in [2.24, 2.45) is 5.16 Å². The predicted molar refractivity (Wildman–Crippen MR) is 134 cm³/mol. The number of halogens is 2. The minimum Gasteiger partial charge on any atom is -0.396 e. The van der Waals surface area contributed by atoms with Crippen molar-refractivity contribution in [1.29, 1.82) is 0 Å². The van der Waals surface area contributed by atoms with Crippen LogP contribution >= 0.6 is 0 Å². The Balaban J connectivity index is 1.24. The Kier molecular flexibility index (Phi) is 7.04. The number of oxime groups is 1. The normalized spacial score (nSPS) is 16.6. The fourth-order valence-corrected chi connectivity index (χ4v) is 4.99. The minimum atomic E-state index is -0.944. The van der Waals surface area contributed by atoms with E-state index < -0.39 is 11.6 Å². The number of likely N-dealkylation sites (tertiary alicyclic amines) is 1. The van der Waals surface area contributed by atoms with E-state index in [2.05, 4.69) is 26.4 Å². The van der Waals surface area contributed by atoms with Crippen LogP contribution in [0, 0.1) is 11.6 Å². The first kappa shape index (κ1) is 24.1. The van der Waals surface area contributed by atoms with Gasteiger partial charge in [-0.05, 0) is 85.8 Å². The largest absolute Gasteiger partial charge is 0.396 e. The van der Waals surface area contributed by atoms with E-state index in [-0.39, 0.29) is 5.91 Å². The molecule has 0 bridgehead atoms. The van der Waals surface area contributed by atoms with Crippen LogP contribution in [0.1, 0.15) is 53.6 Å². The number of rotatable bonds is 7. The molecule has 2 aliphatic rings. The highest BCUT2D eigenvalue weighted by molar-refractivity contribution is 6.11. The van der Waals surface area contributed by atoms with Crippen LogP contribution in [0.5, 0.6) is 0 Å². The van der Waals surface area contributed by atoms with Crippen molar-refractivity contribution in [3.05, 3.63) is 94.3 Å². The second-order valence-electron chi connectivity index (χ2n) is 9.19. The highest BCUT2D eigenvalue weighted by atomic mass is 19.2. The Morgan fingerprint density at radius 1 is 1.14 bits per heavy atom. The number of hydrogen-bond donors (Lipinski definition) is 1. The van der Waals surface area contributed by atoms with E-state index in [1.54, 1.807) is 13.1 Å². The minimum absolute atomic E-state index is 0.0739. The number of pyridine rings is 1. The second-order valence-corrected chi connectivity index (χ2v) is 9.19. The van der Waals surface area contributed by atoms with Crippen LogP contribution in [0.4, 0.5) is 14.5 Å². The van der Waals surface area contributed by atoms with Gasteiger partial charge in [0.25, 0.3) is 0 Å². The van der Waals surface area contributed by atoms with Gasteiger partial charge in [-0.1, -0.05) is 23.4 Å². The highest BCUT2D eigenvalue weighted by Crippen LogP contribution is 2.36. The Hall–Kier alpha value is -3.65. The van der Waals surface area contributed by atoms with Gasteiger partial charge in [-0.3, -0.25) is 14.7 Å². The molecule has 0 atom stereocenters. The van der Waals surface area contributed by atoms with Crippen molar-refractivity contribution in [1.82, 2.24) is 9.88 Å². The number of benzene rings is 2. The first-order chi connectivity index (χ1) is 17.5. The summed E-state index contributed by atoms with van der Waals surface area (Å²) in [4.78, 5) is 24.0. The van der Waals surface area contributed by atoms with E-state index in [1.807, 2.05) is 24.3 Å². The van der Waals surface area contributed by atoms with Crippen LogP contribution in [0.25, 0.3) is 0 Å². The number of aromatic nitrogens is 1. The molecular formula is C28H28F2N4O2. The van der Waals surface area contributed by atoms with Crippen LogP contribution < -0.4 is 5.32 Å². The lowest BCUT2D eigenvalue weighted by atomic mass is 9.85. The molecule has 0 aliphatic carbocycles. The van der Waals surface area contributed by atoms with Gasteiger partial charge in [-0.25, -0.2) is 8.78 Å². The SMILES string of the molecule is CCO/N=C(\c1ccc(F)c(F)c1)c1ccc(CN2CCC(c3cccc4c3CC(=O)N4)CC2)cn1. The number of hydrogen-bond acceptors (Lipinski definition) is 5. The summed E-state index contributed by atoms with van der Waals surface area (Å²) in [5, 5.41) is 7.04. The molecule has 5 rings (SSSR count). The van der Waals surface area contributed by atoms with Crippen LogP contribution in [-0.4, -0.2) is 41.2 Å². The van der Waals surface area contributed by atoms with E-state index in [4.69, 9.17) is 4.84 Å². The van der Waals surface area contributed by atoms with Gasteiger partial charge in [0.15, 0.2) is 11.6 Å². The summed E-state index contributed by atoms with van der Waals surface area (Å²) in [6.45, 7) is 4.84. The molecule has 2 aliphatic heterocycles. The monoisotopic (exact) mass is 490 g/mol. The molecule has 1 fully saturated rings. The van der Waals surface area contributed by atoms with Crippen LogP contribution in [0.15, 0.2) is 59.9 Å². The average Bonchev–Trinajstić information content (AvgIpc) is 3.28. The summed E-state index contributed by atoms with van der Waals surface area (Å²) >= 11 is 0. The molecule has 3 aromatic rings. The van der Waals surface area contributed by atoms with Crippen molar-refractivity contribution >= 4 is 17.3 Å². The zero-order valence-electron chi connectivity index (χ0n) is 20.1. The van der Waals surface area contributed by atoms with Crippen molar-refractivity contribution in [3.8, 4) is 0 Å². The molecule has 0 unspecified atom stereocenters. The van der Waals surface area contributed by atoms with Gasteiger partial charge in [0.2, 0.25) is 5.91 Å². The number of carbonyl (C=O) groups is 1. The van der Waals surface area contributed by atoms with Crippen LogP contribution in [-0.2, 0) is 22.6 Å². The van der Waals surface area contributed by atoms with E-state index in [0.29, 0.717) is 35.9 Å². The van der Waals surface area contributed by atoms with Gasteiger partial charge in [0.05, 0.1) is 12.1 Å². The molecular weight excluding hydrogens is 462 g/mol. The number of piperidine rings is 1. The van der Waals surface area contributed by atoms with Gasteiger partial charge >= 0.3 is 0 Å². The molecule has 1 aromatic heterocycles. The molecule has 1 N–H and O–H groups in total. The third-order valence-electron chi connectivity index (χ3n) is 6.80. The first-order valence-corrected chi connectivity index (χ1v) is 12.3. The van der Waals surface area contributed by atoms with E-state index in [1.165, 1.54) is 11.6 Å². The van der Waals surface area contributed by atoms with Crippen molar-refractivity contribution < 1.29 is 18.4 Å². The molecule has 3 heterocycles. The molecule has 0 radical (unpaired) electrons. The van der Waals surface area contributed by atoms with Crippen molar-refractivity contribution in [2.45, 2.75) is 38.6 Å². The van der Waals surface area contributed by atoms with Crippen LogP contribution in [0.2, 0.25) is 0 Å². The third-order valence-corrected chi connectivity index (χ3v) is 6.80. The lowest BCUT2D eigenvalue weighted by molar-refractivity contribution is -0.115. The van der Waals surface area contributed by atoms with Gasteiger partial charge < -0.3 is 10.2 Å². The van der Waals surface area contributed by atoms with E-state index in [0.717, 1.165) is 61.4 Å². The molecule has 1 saturated heterocycles. The Bertz CT molecular complexity index is 1290. The second kappa shape index (κ2) is 10.5. The lowest BCUT2D eigenvalue weighted by Gasteiger charge is -2.33. The Labute approximate surface area is 209 Å². The van der Waals surface area contributed by atoms with E-state index >= 15 is 0 Å². The number of nitrogens with one attached hydrogen (secondary N) is 1. The Morgan fingerprint density at radius 3 is 2.69 bits per heavy atom. The molecule has 0 spiro atoms. The fraction of sp³-hybridized carbons (Fsp3) is 0.321. The summed E-state index contributed by atoms with van der Waals surface area (Å²) in [5.74, 6) is -1.33. The molecule has 1 amide bonds. The number of fused-ring (bicyclic) bond motifs is 1. The number of anilines is 1.